The maximum absolute atomic E-state index is 5.68. The van der Waals surface area contributed by atoms with E-state index in [0.717, 1.165) is 26.4 Å². The smallest absolute Gasteiger partial charge is 0.0593 e. The molecule has 2 heterocycles. The molecule has 1 unspecified atom stereocenters. The minimum absolute atomic E-state index is 0.543. The summed E-state index contributed by atoms with van der Waals surface area (Å²) in [4.78, 5) is 5.09. The molecule has 2 saturated heterocycles. The number of hydrogen-bond donors (Lipinski definition) is 0. The Morgan fingerprint density at radius 1 is 1.11 bits per heavy atom. The van der Waals surface area contributed by atoms with Crippen LogP contribution in [0.4, 0.5) is 0 Å². The van der Waals surface area contributed by atoms with Crippen molar-refractivity contribution in [3.63, 3.8) is 0 Å². The second kappa shape index (κ2) is 8.10. The first-order valence-corrected chi connectivity index (χ1v) is 7.52. The van der Waals surface area contributed by atoms with E-state index < -0.39 is 0 Å². The summed E-state index contributed by atoms with van der Waals surface area (Å²) in [5.41, 5.74) is 0. The summed E-state index contributed by atoms with van der Waals surface area (Å²) in [6, 6.07) is 0. The first kappa shape index (κ1) is 14.3. The SMILES string of the molecule is CCOCCN1CCN(CCC2CCCO2)CC1. The van der Waals surface area contributed by atoms with E-state index in [0.29, 0.717) is 6.10 Å². The summed E-state index contributed by atoms with van der Waals surface area (Å²) in [7, 11) is 0. The van der Waals surface area contributed by atoms with Crippen molar-refractivity contribution in [3.05, 3.63) is 0 Å². The molecule has 2 rings (SSSR count). The Balaban J connectivity index is 1.52. The quantitative estimate of drug-likeness (QED) is 0.639. The van der Waals surface area contributed by atoms with E-state index in [1.165, 1.54) is 52.0 Å². The fourth-order valence-corrected chi connectivity index (χ4v) is 2.77. The Hall–Kier alpha value is -0.160. The molecule has 0 saturated carbocycles. The highest BCUT2D eigenvalue weighted by Crippen LogP contribution is 2.16. The van der Waals surface area contributed by atoms with Gasteiger partial charge in [0, 0.05) is 52.5 Å². The zero-order valence-corrected chi connectivity index (χ0v) is 11.8. The minimum atomic E-state index is 0.543. The normalized spacial score (nSPS) is 26.8. The van der Waals surface area contributed by atoms with E-state index in [-0.39, 0.29) is 0 Å². The molecule has 0 spiro atoms. The van der Waals surface area contributed by atoms with E-state index in [9.17, 15) is 0 Å². The summed E-state index contributed by atoms with van der Waals surface area (Å²) in [5, 5.41) is 0. The van der Waals surface area contributed by atoms with Crippen molar-refractivity contribution in [1.82, 2.24) is 9.80 Å². The molecule has 18 heavy (non-hydrogen) atoms. The van der Waals surface area contributed by atoms with Gasteiger partial charge in [-0.1, -0.05) is 0 Å². The van der Waals surface area contributed by atoms with Crippen LogP contribution in [0, 0.1) is 0 Å². The third kappa shape index (κ3) is 4.84. The molecule has 0 aromatic heterocycles. The van der Waals surface area contributed by atoms with Crippen molar-refractivity contribution in [2.24, 2.45) is 0 Å². The van der Waals surface area contributed by atoms with Gasteiger partial charge in [0.15, 0.2) is 0 Å². The number of rotatable bonds is 7. The van der Waals surface area contributed by atoms with Crippen LogP contribution < -0.4 is 0 Å². The molecule has 2 aliphatic heterocycles. The van der Waals surface area contributed by atoms with E-state index in [4.69, 9.17) is 9.47 Å². The summed E-state index contributed by atoms with van der Waals surface area (Å²) in [6.45, 7) is 11.9. The predicted octanol–water partition coefficient (Wildman–Crippen LogP) is 1.21. The van der Waals surface area contributed by atoms with Crippen LogP contribution >= 0.6 is 0 Å². The number of hydrogen-bond acceptors (Lipinski definition) is 4. The molecule has 2 fully saturated rings. The van der Waals surface area contributed by atoms with Crippen LogP contribution in [0.15, 0.2) is 0 Å². The first-order chi connectivity index (χ1) is 8.88. The Labute approximate surface area is 111 Å². The molecule has 0 aromatic carbocycles. The standard InChI is InChI=1S/C14H28N2O2/c1-2-17-13-11-16-9-7-15(8-10-16)6-5-14-4-3-12-18-14/h14H,2-13H2,1H3. The highest BCUT2D eigenvalue weighted by molar-refractivity contribution is 4.74. The average molecular weight is 256 g/mol. The number of ether oxygens (including phenoxy) is 2. The van der Waals surface area contributed by atoms with Gasteiger partial charge in [0.05, 0.1) is 12.7 Å². The fourth-order valence-electron chi connectivity index (χ4n) is 2.77. The highest BCUT2D eigenvalue weighted by atomic mass is 16.5. The first-order valence-electron chi connectivity index (χ1n) is 7.52. The third-order valence-electron chi connectivity index (χ3n) is 4.01. The Morgan fingerprint density at radius 2 is 1.83 bits per heavy atom. The van der Waals surface area contributed by atoms with Gasteiger partial charge in [-0.15, -0.1) is 0 Å². The topological polar surface area (TPSA) is 24.9 Å². The van der Waals surface area contributed by atoms with Gasteiger partial charge in [0.2, 0.25) is 0 Å². The summed E-state index contributed by atoms with van der Waals surface area (Å²) in [6.07, 6.45) is 4.30. The van der Waals surface area contributed by atoms with Gasteiger partial charge in [-0.25, -0.2) is 0 Å². The van der Waals surface area contributed by atoms with Crippen molar-refractivity contribution in [1.29, 1.82) is 0 Å². The van der Waals surface area contributed by atoms with Gasteiger partial charge >= 0.3 is 0 Å². The second-order valence-corrected chi connectivity index (χ2v) is 5.30. The van der Waals surface area contributed by atoms with Crippen LogP contribution in [-0.4, -0.2) is 75.0 Å². The summed E-state index contributed by atoms with van der Waals surface area (Å²) in [5.74, 6) is 0. The van der Waals surface area contributed by atoms with Crippen LogP contribution in [0.1, 0.15) is 26.2 Å². The molecule has 1 atom stereocenters. The van der Waals surface area contributed by atoms with Crippen LogP contribution in [0.3, 0.4) is 0 Å². The van der Waals surface area contributed by atoms with Gasteiger partial charge in [-0.05, 0) is 26.2 Å². The summed E-state index contributed by atoms with van der Waals surface area (Å²) >= 11 is 0. The lowest BCUT2D eigenvalue weighted by molar-refractivity contribution is 0.0639. The van der Waals surface area contributed by atoms with Crippen LogP contribution in [0.25, 0.3) is 0 Å². The van der Waals surface area contributed by atoms with Gasteiger partial charge in [0.25, 0.3) is 0 Å². The zero-order chi connectivity index (χ0) is 12.6. The number of piperazine rings is 1. The molecular weight excluding hydrogens is 228 g/mol. The Kier molecular flexibility index (Phi) is 6.41. The van der Waals surface area contributed by atoms with Crippen molar-refractivity contribution in [2.75, 3.05) is 59.1 Å². The van der Waals surface area contributed by atoms with Crippen molar-refractivity contribution in [3.8, 4) is 0 Å². The molecule has 0 radical (unpaired) electrons. The maximum Gasteiger partial charge on any atom is 0.0593 e. The lowest BCUT2D eigenvalue weighted by atomic mass is 10.1. The van der Waals surface area contributed by atoms with E-state index in [2.05, 4.69) is 16.7 Å². The molecule has 0 aliphatic carbocycles. The number of nitrogens with zero attached hydrogens (tertiary/aromatic N) is 2. The molecule has 0 bridgehead atoms. The van der Waals surface area contributed by atoms with Crippen LogP contribution in [0.2, 0.25) is 0 Å². The molecule has 4 nitrogen and oxygen atoms in total. The predicted molar refractivity (Wildman–Crippen MR) is 73.0 cm³/mol. The van der Waals surface area contributed by atoms with Crippen LogP contribution in [0.5, 0.6) is 0 Å². The molecular formula is C14H28N2O2. The highest BCUT2D eigenvalue weighted by Gasteiger charge is 2.19. The van der Waals surface area contributed by atoms with Crippen molar-refractivity contribution in [2.45, 2.75) is 32.3 Å². The van der Waals surface area contributed by atoms with Crippen LogP contribution in [-0.2, 0) is 9.47 Å². The molecule has 0 amide bonds. The monoisotopic (exact) mass is 256 g/mol. The zero-order valence-electron chi connectivity index (χ0n) is 11.8. The molecule has 2 aliphatic rings. The average Bonchev–Trinajstić information content (AvgIpc) is 2.91. The van der Waals surface area contributed by atoms with Gasteiger partial charge in [-0.3, -0.25) is 4.90 Å². The lowest BCUT2D eigenvalue weighted by Crippen LogP contribution is -2.47. The molecule has 0 N–H and O–H groups in total. The van der Waals surface area contributed by atoms with Crippen molar-refractivity contribution < 1.29 is 9.47 Å². The Morgan fingerprint density at radius 3 is 2.44 bits per heavy atom. The Bertz CT molecular complexity index is 212. The van der Waals surface area contributed by atoms with E-state index in [1.54, 1.807) is 0 Å². The molecule has 4 heteroatoms. The maximum atomic E-state index is 5.68. The lowest BCUT2D eigenvalue weighted by Gasteiger charge is -2.34. The third-order valence-corrected chi connectivity index (χ3v) is 4.01. The fraction of sp³-hybridized carbons (Fsp3) is 1.00. The molecule has 106 valence electrons. The van der Waals surface area contributed by atoms with Gasteiger partial charge in [0.1, 0.15) is 0 Å². The minimum Gasteiger partial charge on any atom is -0.380 e. The van der Waals surface area contributed by atoms with Crippen molar-refractivity contribution >= 4 is 0 Å². The largest absolute Gasteiger partial charge is 0.380 e. The van der Waals surface area contributed by atoms with Gasteiger partial charge < -0.3 is 14.4 Å². The second-order valence-electron chi connectivity index (χ2n) is 5.30. The molecule has 0 aromatic rings. The van der Waals surface area contributed by atoms with E-state index in [1.807, 2.05) is 0 Å². The summed E-state index contributed by atoms with van der Waals surface area (Å²) < 4.78 is 11.1. The van der Waals surface area contributed by atoms with E-state index >= 15 is 0 Å². The van der Waals surface area contributed by atoms with Gasteiger partial charge in [-0.2, -0.15) is 0 Å².